The summed E-state index contributed by atoms with van der Waals surface area (Å²) in [7, 11) is 0. The second-order valence-corrected chi connectivity index (χ2v) is 5.05. The van der Waals surface area contributed by atoms with Gasteiger partial charge >= 0.3 is 0 Å². The topological polar surface area (TPSA) is 16.1 Å². The van der Waals surface area contributed by atoms with Crippen LogP contribution in [-0.2, 0) is 5.88 Å². The van der Waals surface area contributed by atoms with Crippen LogP contribution in [0.3, 0.4) is 0 Å². The molecule has 1 aromatic heterocycles. The highest BCUT2D eigenvalue weighted by Gasteiger charge is 2.17. The lowest BCUT2D eigenvalue weighted by Crippen LogP contribution is -2.33. The molecule has 2 heterocycles. The van der Waals surface area contributed by atoms with E-state index in [2.05, 4.69) is 28.9 Å². The Morgan fingerprint density at radius 2 is 2.06 bits per heavy atom. The third-order valence-electron chi connectivity index (χ3n) is 3.26. The average molecular weight is 239 g/mol. The van der Waals surface area contributed by atoms with E-state index in [1.54, 1.807) is 0 Å². The van der Waals surface area contributed by atoms with Crippen molar-refractivity contribution in [3.05, 3.63) is 23.4 Å². The Balaban J connectivity index is 2.16. The second-order valence-electron chi connectivity index (χ2n) is 4.78. The van der Waals surface area contributed by atoms with E-state index in [9.17, 15) is 0 Å². The minimum absolute atomic E-state index is 0.570. The van der Waals surface area contributed by atoms with E-state index in [4.69, 9.17) is 11.6 Å². The first-order valence-electron chi connectivity index (χ1n) is 5.97. The van der Waals surface area contributed by atoms with Crippen LogP contribution >= 0.6 is 11.6 Å². The van der Waals surface area contributed by atoms with Crippen LogP contribution in [0.25, 0.3) is 0 Å². The van der Waals surface area contributed by atoms with Gasteiger partial charge in [-0.1, -0.05) is 6.92 Å². The fourth-order valence-corrected chi connectivity index (χ4v) is 2.35. The van der Waals surface area contributed by atoms with Crippen molar-refractivity contribution in [3.8, 4) is 0 Å². The predicted molar refractivity (Wildman–Crippen MR) is 69.1 cm³/mol. The summed E-state index contributed by atoms with van der Waals surface area (Å²) < 4.78 is 0. The van der Waals surface area contributed by atoms with Crippen LogP contribution in [0.5, 0.6) is 0 Å². The minimum atomic E-state index is 0.570. The zero-order valence-corrected chi connectivity index (χ0v) is 10.8. The number of piperidine rings is 1. The van der Waals surface area contributed by atoms with Crippen LogP contribution < -0.4 is 4.90 Å². The third-order valence-corrected chi connectivity index (χ3v) is 3.57. The number of rotatable bonds is 2. The Morgan fingerprint density at radius 1 is 1.38 bits per heavy atom. The molecule has 1 aliphatic heterocycles. The van der Waals surface area contributed by atoms with Crippen LogP contribution in [0.1, 0.15) is 31.0 Å². The number of pyridine rings is 1. The van der Waals surface area contributed by atoms with E-state index >= 15 is 0 Å². The Bertz CT molecular complexity index is 357. The monoisotopic (exact) mass is 238 g/mol. The lowest BCUT2D eigenvalue weighted by Gasteiger charge is -2.31. The van der Waals surface area contributed by atoms with E-state index in [0.29, 0.717) is 5.88 Å². The fourth-order valence-electron chi connectivity index (χ4n) is 2.20. The van der Waals surface area contributed by atoms with Crippen LogP contribution in [0.15, 0.2) is 12.1 Å². The van der Waals surface area contributed by atoms with Crippen molar-refractivity contribution >= 4 is 17.4 Å². The van der Waals surface area contributed by atoms with Gasteiger partial charge in [-0.2, -0.15) is 0 Å². The van der Waals surface area contributed by atoms with Gasteiger partial charge in [-0.3, -0.25) is 0 Å². The van der Waals surface area contributed by atoms with Gasteiger partial charge in [-0.05, 0) is 43.4 Å². The maximum Gasteiger partial charge on any atom is 0.129 e. The van der Waals surface area contributed by atoms with Crippen molar-refractivity contribution < 1.29 is 0 Å². The number of halogens is 1. The Hall–Kier alpha value is -0.760. The molecule has 0 radical (unpaired) electrons. The van der Waals surface area contributed by atoms with E-state index in [1.165, 1.54) is 18.4 Å². The normalized spacial score (nSPS) is 17.8. The first kappa shape index (κ1) is 11.7. The molecule has 0 unspecified atom stereocenters. The molecule has 1 aromatic rings. The van der Waals surface area contributed by atoms with Gasteiger partial charge in [0.05, 0.1) is 0 Å². The van der Waals surface area contributed by atoms with E-state index in [1.807, 2.05) is 6.92 Å². The molecule has 0 saturated carbocycles. The summed E-state index contributed by atoms with van der Waals surface area (Å²) in [6.45, 7) is 6.61. The lowest BCUT2D eigenvalue weighted by atomic mass is 9.99. The minimum Gasteiger partial charge on any atom is -0.357 e. The van der Waals surface area contributed by atoms with Gasteiger partial charge in [0.15, 0.2) is 0 Å². The molecule has 0 N–H and O–H groups in total. The largest absolute Gasteiger partial charge is 0.357 e. The van der Waals surface area contributed by atoms with Crippen molar-refractivity contribution in [2.24, 2.45) is 5.92 Å². The molecule has 0 bridgehead atoms. The number of alkyl halides is 1. The van der Waals surface area contributed by atoms with Gasteiger partial charge in [-0.25, -0.2) is 4.98 Å². The van der Waals surface area contributed by atoms with Crippen LogP contribution in [0.4, 0.5) is 5.82 Å². The molecule has 1 saturated heterocycles. The van der Waals surface area contributed by atoms with Gasteiger partial charge in [0.1, 0.15) is 5.82 Å². The van der Waals surface area contributed by atoms with Gasteiger partial charge < -0.3 is 4.90 Å². The maximum atomic E-state index is 5.89. The lowest BCUT2D eigenvalue weighted by molar-refractivity contribution is 0.436. The highest BCUT2D eigenvalue weighted by Crippen LogP contribution is 2.23. The van der Waals surface area contributed by atoms with Gasteiger partial charge in [0.2, 0.25) is 0 Å². The molecule has 2 rings (SSSR count). The summed E-state index contributed by atoms with van der Waals surface area (Å²) in [6, 6.07) is 4.18. The van der Waals surface area contributed by atoms with Crippen molar-refractivity contribution in [2.75, 3.05) is 18.0 Å². The van der Waals surface area contributed by atoms with Gasteiger partial charge in [0, 0.05) is 24.7 Å². The molecular formula is C13H19ClN2. The first-order valence-corrected chi connectivity index (χ1v) is 6.51. The molecule has 0 aliphatic carbocycles. The standard InChI is InChI=1S/C13H19ClN2/c1-10-3-5-16(6-4-10)13-8-12(9-14)7-11(2)15-13/h7-8,10H,3-6,9H2,1-2H3. The summed E-state index contributed by atoms with van der Waals surface area (Å²) in [5.74, 6) is 2.52. The number of aromatic nitrogens is 1. The van der Waals surface area contributed by atoms with E-state index in [0.717, 1.165) is 30.5 Å². The molecule has 1 aliphatic rings. The molecule has 3 heteroatoms. The summed E-state index contributed by atoms with van der Waals surface area (Å²) in [6.07, 6.45) is 2.54. The smallest absolute Gasteiger partial charge is 0.129 e. The average Bonchev–Trinajstić information content (AvgIpc) is 2.29. The molecule has 16 heavy (non-hydrogen) atoms. The molecule has 1 fully saturated rings. The molecule has 0 atom stereocenters. The SMILES string of the molecule is Cc1cc(CCl)cc(N2CCC(C)CC2)n1. The zero-order chi connectivity index (χ0) is 11.5. The van der Waals surface area contributed by atoms with Gasteiger partial charge in [-0.15, -0.1) is 11.6 Å². The van der Waals surface area contributed by atoms with Crippen LogP contribution in [0, 0.1) is 12.8 Å². The van der Waals surface area contributed by atoms with E-state index in [-0.39, 0.29) is 0 Å². The molecule has 0 spiro atoms. The van der Waals surface area contributed by atoms with Crippen molar-refractivity contribution in [3.63, 3.8) is 0 Å². The van der Waals surface area contributed by atoms with Crippen LogP contribution in [-0.4, -0.2) is 18.1 Å². The molecule has 0 aromatic carbocycles. The first-order chi connectivity index (χ1) is 7.69. The number of hydrogen-bond donors (Lipinski definition) is 0. The summed E-state index contributed by atoms with van der Waals surface area (Å²) >= 11 is 5.89. The third kappa shape index (κ3) is 2.67. The van der Waals surface area contributed by atoms with Crippen LogP contribution in [0.2, 0.25) is 0 Å². The molecule has 0 amide bonds. The number of anilines is 1. The molecule has 2 nitrogen and oxygen atoms in total. The number of hydrogen-bond acceptors (Lipinski definition) is 2. The predicted octanol–water partition coefficient (Wildman–Crippen LogP) is 3.37. The highest BCUT2D eigenvalue weighted by atomic mass is 35.5. The highest BCUT2D eigenvalue weighted by molar-refractivity contribution is 6.17. The summed E-state index contributed by atoms with van der Waals surface area (Å²) in [4.78, 5) is 6.98. The number of aryl methyl sites for hydroxylation is 1. The number of nitrogens with zero attached hydrogens (tertiary/aromatic N) is 2. The fraction of sp³-hybridized carbons (Fsp3) is 0.615. The zero-order valence-electron chi connectivity index (χ0n) is 10.0. The Morgan fingerprint density at radius 3 is 2.69 bits per heavy atom. The van der Waals surface area contributed by atoms with Crippen molar-refractivity contribution in [1.29, 1.82) is 0 Å². The summed E-state index contributed by atoms with van der Waals surface area (Å²) in [5.41, 5.74) is 2.23. The second kappa shape index (κ2) is 5.05. The van der Waals surface area contributed by atoms with Crippen molar-refractivity contribution in [2.45, 2.75) is 32.6 Å². The van der Waals surface area contributed by atoms with E-state index < -0.39 is 0 Å². The quantitative estimate of drug-likeness (QED) is 0.735. The maximum absolute atomic E-state index is 5.89. The summed E-state index contributed by atoms with van der Waals surface area (Å²) in [5, 5.41) is 0. The van der Waals surface area contributed by atoms with Crippen molar-refractivity contribution in [1.82, 2.24) is 4.98 Å². The van der Waals surface area contributed by atoms with Gasteiger partial charge in [0.25, 0.3) is 0 Å². The Kier molecular flexibility index (Phi) is 3.70. The molecular weight excluding hydrogens is 220 g/mol. The molecule has 88 valence electrons. The Labute approximate surface area is 103 Å².